The predicted octanol–water partition coefficient (Wildman–Crippen LogP) is 0.672. The van der Waals surface area contributed by atoms with Crippen LogP contribution in [-0.2, 0) is 22.6 Å². The van der Waals surface area contributed by atoms with Crippen molar-refractivity contribution in [2.45, 2.75) is 13.0 Å². The standard InChI is InChI=1S/C18H21N5O3/c24-17(13-26-15-2-1-4-19-11-15)22-5-7-23(8-6-22)18-20-10-14-12-25-9-3-16(14)21-18/h1-2,4,10-11H,3,5-9,12-13H2. The highest BCUT2D eigenvalue weighted by atomic mass is 16.5. The minimum atomic E-state index is -0.0167. The molecule has 4 heterocycles. The Morgan fingerprint density at radius 2 is 2.12 bits per heavy atom. The summed E-state index contributed by atoms with van der Waals surface area (Å²) in [5, 5.41) is 0. The summed E-state index contributed by atoms with van der Waals surface area (Å²) in [4.78, 5) is 29.4. The monoisotopic (exact) mass is 355 g/mol. The number of anilines is 1. The Balaban J connectivity index is 1.30. The highest BCUT2D eigenvalue weighted by Gasteiger charge is 2.24. The molecule has 0 aliphatic carbocycles. The first-order valence-electron chi connectivity index (χ1n) is 8.78. The van der Waals surface area contributed by atoms with E-state index in [4.69, 9.17) is 9.47 Å². The van der Waals surface area contributed by atoms with E-state index in [9.17, 15) is 4.79 Å². The van der Waals surface area contributed by atoms with Crippen molar-refractivity contribution in [3.63, 3.8) is 0 Å². The second kappa shape index (κ2) is 7.65. The maximum absolute atomic E-state index is 12.3. The molecular formula is C18H21N5O3. The van der Waals surface area contributed by atoms with E-state index in [-0.39, 0.29) is 12.5 Å². The third kappa shape index (κ3) is 3.75. The topological polar surface area (TPSA) is 80.7 Å². The molecule has 8 heteroatoms. The number of aromatic nitrogens is 3. The average molecular weight is 355 g/mol. The van der Waals surface area contributed by atoms with Crippen LogP contribution in [0.4, 0.5) is 5.95 Å². The molecule has 1 saturated heterocycles. The first-order chi connectivity index (χ1) is 12.8. The average Bonchev–Trinajstić information content (AvgIpc) is 2.72. The maximum Gasteiger partial charge on any atom is 0.260 e. The molecule has 0 unspecified atom stereocenters. The second-order valence-corrected chi connectivity index (χ2v) is 6.29. The molecule has 0 aromatic carbocycles. The van der Waals surface area contributed by atoms with Gasteiger partial charge in [-0.1, -0.05) is 0 Å². The van der Waals surface area contributed by atoms with Gasteiger partial charge in [0.2, 0.25) is 5.95 Å². The molecule has 0 spiro atoms. The van der Waals surface area contributed by atoms with Crippen LogP contribution in [0.1, 0.15) is 11.3 Å². The molecule has 136 valence electrons. The molecule has 8 nitrogen and oxygen atoms in total. The Hall–Kier alpha value is -2.74. The zero-order valence-corrected chi connectivity index (χ0v) is 14.5. The van der Waals surface area contributed by atoms with Crippen LogP contribution >= 0.6 is 0 Å². The van der Waals surface area contributed by atoms with Crippen molar-refractivity contribution in [3.05, 3.63) is 42.0 Å². The van der Waals surface area contributed by atoms with Gasteiger partial charge in [0.05, 0.1) is 25.1 Å². The molecule has 0 N–H and O–H groups in total. The summed E-state index contributed by atoms with van der Waals surface area (Å²) in [6.07, 6.45) is 5.96. The lowest BCUT2D eigenvalue weighted by molar-refractivity contribution is -0.133. The highest BCUT2D eigenvalue weighted by Crippen LogP contribution is 2.18. The van der Waals surface area contributed by atoms with Crippen molar-refractivity contribution < 1.29 is 14.3 Å². The second-order valence-electron chi connectivity index (χ2n) is 6.29. The fraction of sp³-hybridized carbons (Fsp3) is 0.444. The van der Waals surface area contributed by atoms with Gasteiger partial charge in [0, 0.05) is 50.6 Å². The van der Waals surface area contributed by atoms with Crippen LogP contribution in [0.5, 0.6) is 5.75 Å². The number of rotatable bonds is 4. The van der Waals surface area contributed by atoms with Gasteiger partial charge in [-0.25, -0.2) is 9.97 Å². The minimum Gasteiger partial charge on any atom is -0.482 e. The summed E-state index contributed by atoms with van der Waals surface area (Å²) >= 11 is 0. The van der Waals surface area contributed by atoms with Gasteiger partial charge in [-0.2, -0.15) is 0 Å². The van der Waals surface area contributed by atoms with Gasteiger partial charge in [0.15, 0.2) is 6.61 Å². The summed E-state index contributed by atoms with van der Waals surface area (Å²) in [7, 11) is 0. The normalized spacial score (nSPS) is 16.9. The zero-order chi connectivity index (χ0) is 17.8. The fourth-order valence-corrected chi connectivity index (χ4v) is 3.10. The van der Waals surface area contributed by atoms with E-state index in [1.54, 1.807) is 24.5 Å². The minimum absolute atomic E-state index is 0.0167. The molecule has 2 aromatic rings. The first-order valence-corrected chi connectivity index (χ1v) is 8.78. The summed E-state index contributed by atoms with van der Waals surface area (Å²) in [5.74, 6) is 1.33. The zero-order valence-electron chi connectivity index (χ0n) is 14.5. The Morgan fingerprint density at radius 3 is 2.92 bits per heavy atom. The Bertz CT molecular complexity index is 763. The number of amides is 1. The van der Waals surface area contributed by atoms with Crippen molar-refractivity contribution in [1.29, 1.82) is 0 Å². The molecule has 2 aromatic heterocycles. The number of piperazine rings is 1. The molecule has 0 bridgehead atoms. The molecule has 2 aliphatic heterocycles. The highest BCUT2D eigenvalue weighted by molar-refractivity contribution is 5.78. The molecule has 4 rings (SSSR count). The Labute approximate surface area is 151 Å². The maximum atomic E-state index is 12.3. The van der Waals surface area contributed by atoms with E-state index in [0.29, 0.717) is 45.1 Å². The lowest BCUT2D eigenvalue weighted by Gasteiger charge is -2.35. The third-order valence-electron chi connectivity index (χ3n) is 4.59. The van der Waals surface area contributed by atoms with E-state index < -0.39 is 0 Å². The molecule has 0 atom stereocenters. The molecule has 1 amide bonds. The Morgan fingerprint density at radius 1 is 1.23 bits per heavy atom. The lowest BCUT2D eigenvalue weighted by Crippen LogP contribution is -2.50. The fourth-order valence-electron chi connectivity index (χ4n) is 3.10. The summed E-state index contributed by atoms with van der Waals surface area (Å²) in [6.45, 7) is 4.04. The van der Waals surface area contributed by atoms with E-state index in [1.807, 2.05) is 11.1 Å². The van der Waals surface area contributed by atoms with Crippen molar-refractivity contribution in [2.24, 2.45) is 0 Å². The van der Waals surface area contributed by atoms with Gasteiger partial charge in [0.25, 0.3) is 5.91 Å². The van der Waals surface area contributed by atoms with Crippen molar-refractivity contribution in [3.8, 4) is 5.75 Å². The summed E-state index contributed by atoms with van der Waals surface area (Å²) in [5.41, 5.74) is 2.14. The van der Waals surface area contributed by atoms with Crippen LogP contribution in [-0.4, -0.2) is 65.2 Å². The van der Waals surface area contributed by atoms with Crippen molar-refractivity contribution >= 4 is 11.9 Å². The molecule has 26 heavy (non-hydrogen) atoms. The summed E-state index contributed by atoms with van der Waals surface area (Å²) < 4.78 is 10.9. The third-order valence-corrected chi connectivity index (χ3v) is 4.59. The smallest absolute Gasteiger partial charge is 0.260 e. The van der Waals surface area contributed by atoms with Gasteiger partial charge >= 0.3 is 0 Å². The molecule has 0 radical (unpaired) electrons. The summed E-state index contributed by atoms with van der Waals surface area (Å²) in [6, 6.07) is 3.57. The molecular weight excluding hydrogens is 334 g/mol. The first kappa shape index (κ1) is 16.7. The van der Waals surface area contributed by atoms with Crippen molar-refractivity contribution in [1.82, 2.24) is 19.9 Å². The molecule has 2 aliphatic rings. The number of carbonyl (C=O) groups is 1. The van der Waals surface area contributed by atoms with Crippen LogP contribution in [0.3, 0.4) is 0 Å². The van der Waals surface area contributed by atoms with Crippen LogP contribution in [0, 0.1) is 0 Å². The number of carbonyl (C=O) groups excluding carboxylic acids is 1. The number of nitrogens with zero attached hydrogens (tertiary/aromatic N) is 5. The van der Waals surface area contributed by atoms with E-state index in [0.717, 1.165) is 23.6 Å². The van der Waals surface area contributed by atoms with Gasteiger partial charge in [-0.15, -0.1) is 0 Å². The number of hydrogen-bond acceptors (Lipinski definition) is 7. The van der Waals surface area contributed by atoms with Crippen LogP contribution in [0.25, 0.3) is 0 Å². The largest absolute Gasteiger partial charge is 0.482 e. The van der Waals surface area contributed by atoms with Crippen LogP contribution < -0.4 is 9.64 Å². The van der Waals surface area contributed by atoms with Gasteiger partial charge in [-0.3, -0.25) is 9.78 Å². The number of pyridine rings is 1. The van der Waals surface area contributed by atoms with Gasteiger partial charge in [0.1, 0.15) is 5.75 Å². The SMILES string of the molecule is O=C(COc1cccnc1)N1CCN(c2ncc3c(n2)CCOC3)CC1. The Kier molecular flexibility index (Phi) is 4.92. The molecule has 0 saturated carbocycles. The number of ether oxygens (including phenoxy) is 2. The number of hydrogen-bond donors (Lipinski definition) is 0. The lowest BCUT2D eigenvalue weighted by atomic mass is 10.1. The quantitative estimate of drug-likeness (QED) is 0.797. The van der Waals surface area contributed by atoms with E-state index >= 15 is 0 Å². The number of fused-ring (bicyclic) bond motifs is 1. The van der Waals surface area contributed by atoms with E-state index in [2.05, 4.69) is 19.9 Å². The van der Waals surface area contributed by atoms with E-state index in [1.165, 1.54) is 0 Å². The molecule has 1 fully saturated rings. The van der Waals surface area contributed by atoms with Gasteiger partial charge in [-0.05, 0) is 12.1 Å². The van der Waals surface area contributed by atoms with Crippen LogP contribution in [0.2, 0.25) is 0 Å². The van der Waals surface area contributed by atoms with Gasteiger partial charge < -0.3 is 19.3 Å². The van der Waals surface area contributed by atoms with Crippen LogP contribution in [0.15, 0.2) is 30.7 Å². The predicted molar refractivity (Wildman–Crippen MR) is 93.9 cm³/mol. The van der Waals surface area contributed by atoms with Crippen molar-refractivity contribution in [2.75, 3.05) is 44.3 Å².